The van der Waals surface area contributed by atoms with Crippen molar-refractivity contribution in [1.29, 1.82) is 0 Å². The summed E-state index contributed by atoms with van der Waals surface area (Å²) in [5, 5.41) is 12.1. The maximum absolute atomic E-state index is 11.7. The fourth-order valence-corrected chi connectivity index (χ4v) is 5.53. The van der Waals surface area contributed by atoms with Crippen LogP contribution in [0.5, 0.6) is 0 Å². The molecule has 0 aliphatic carbocycles. The Labute approximate surface area is 281 Å². The van der Waals surface area contributed by atoms with E-state index < -0.39 is 0 Å². The van der Waals surface area contributed by atoms with E-state index in [1.54, 1.807) is 6.26 Å². The van der Waals surface area contributed by atoms with Gasteiger partial charge in [0.05, 0.1) is 12.0 Å². The zero-order chi connectivity index (χ0) is 31.9. The zero-order valence-electron chi connectivity index (χ0n) is 27.5. The van der Waals surface area contributed by atoms with Gasteiger partial charge in [-0.05, 0) is 48.8 Å². The van der Waals surface area contributed by atoms with Crippen molar-refractivity contribution in [3.05, 3.63) is 96.7 Å². The Bertz CT molecular complexity index is 1740. The molecular formula is C39H45IrN2O3-. The molecule has 0 amide bonds. The summed E-state index contributed by atoms with van der Waals surface area (Å²) in [6.07, 6.45) is 10.3. The van der Waals surface area contributed by atoms with E-state index in [0.717, 1.165) is 64.6 Å². The number of hydrogen-bond donors (Lipinski definition) is 1. The van der Waals surface area contributed by atoms with Crippen LogP contribution in [0.25, 0.3) is 44.3 Å². The van der Waals surface area contributed by atoms with Crippen molar-refractivity contribution < 1.29 is 34.4 Å². The predicted molar refractivity (Wildman–Crippen MR) is 182 cm³/mol. The summed E-state index contributed by atoms with van der Waals surface area (Å²) in [5.74, 6) is 0.547. The number of ketones is 1. The first-order valence-electron chi connectivity index (χ1n) is 15.8. The summed E-state index contributed by atoms with van der Waals surface area (Å²) >= 11 is 0. The van der Waals surface area contributed by atoms with Gasteiger partial charge in [0.15, 0.2) is 11.4 Å². The minimum atomic E-state index is 0. The average Bonchev–Trinajstić information content (AvgIpc) is 3.50. The van der Waals surface area contributed by atoms with E-state index in [0.29, 0.717) is 0 Å². The maximum Gasteiger partial charge on any atom is 0.162 e. The Morgan fingerprint density at radius 2 is 1.60 bits per heavy atom. The first-order chi connectivity index (χ1) is 21.1. The fraction of sp³-hybridized carbons (Fsp3) is 0.359. The van der Waals surface area contributed by atoms with Crippen molar-refractivity contribution in [2.45, 2.75) is 79.6 Å². The molecule has 45 heavy (non-hydrogen) atoms. The van der Waals surface area contributed by atoms with Gasteiger partial charge in [0, 0.05) is 67.7 Å². The zero-order valence-corrected chi connectivity index (χ0v) is 29.9. The molecule has 0 aliphatic heterocycles. The molecule has 0 aliphatic rings. The third-order valence-corrected chi connectivity index (χ3v) is 8.34. The number of fused-ring (bicyclic) bond motifs is 2. The van der Waals surface area contributed by atoms with Gasteiger partial charge in [-0.3, -0.25) is 14.8 Å². The van der Waals surface area contributed by atoms with Crippen LogP contribution >= 0.6 is 0 Å². The Hall–Kier alpha value is -3.60. The first-order valence-corrected chi connectivity index (χ1v) is 15.8. The van der Waals surface area contributed by atoms with Crippen molar-refractivity contribution in [3.63, 3.8) is 0 Å². The minimum absolute atomic E-state index is 0. The maximum atomic E-state index is 11.7. The number of hydrogen-bond acceptors (Lipinski definition) is 5. The second-order valence-corrected chi connectivity index (χ2v) is 12.3. The number of aromatic nitrogens is 2. The van der Waals surface area contributed by atoms with E-state index in [2.05, 4.69) is 73.2 Å². The third kappa shape index (κ3) is 8.77. The van der Waals surface area contributed by atoms with Gasteiger partial charge in [0.1, 0.15) is 5.52 Å². The fourth-order valence-electron chi connectivity index (χ4n) is 5.53. The average molecular weight is 782 g/mol. The van der Waals surface area contributed by atoms with E-state index in [9.17, 15) is 9.90 Å². The number of pyridine rings is 2. The van der Waals surface area contributed by atoms with Crippen LogP contribution in [0, 0.1) is 17.9 Å². The number of benzene rings is 2. The van der Waals surface area contributed by atoms with Crippen molar-refractivity contribution in [2.24, 2.45) is 11.8 Å². The largest absolute Gasteiger partial charge is 0.512 e. The molecule has 3 heterocycles. The van der Waals surface area contributed by atoms with E-state index in [4.69, 9.17) is 4.42 Å². The number of allylic oxidation sites excluding steroid dienone is 2. The molecule has 0 atom stereocenters. The van der Waals surface area contributed by atoms with Gasteiger partial charge in [-0.15, -0.1) is 29.1 Å². The number of carbonyl (C=O) groups is 1. The molecule has 6 heteroatoms. The normalized spacial score (nSPS) is 11.9. The SMILES string of the molecule is CC(C)(C)c1cc(-c2cc(-c3cnc4ccoc4c3)ccn2)[c-]c2ccccc12.CCC(CC)C(=O)/C=C(\O)C(CC)CC.[Ir]. The van der Waals surface area contributed by atoms with Crippen LogP contribution in [0.1, 0.15) is 79.7 Å². The summed E-state index contributed by atoms with van der Waals surface area (Å²) in [6.45, 7) is 14.8. The van der Waals surface area contributed by atoms with E-state index in [1.165, 1.54) is 17.0 Å². The quantitative estimate of drug-likeness (QED) is 0.0916. The summed E-state index contributed by atoms with van der Waals surface area (Å²) < 4.78 is 5.51. The van der Waals surface area contributed by atoms with Crippen LogP contribution < -0.4 is 0 Å². The van der Waals surface area contributed by atoms with Crippen molar-refractivity contribution >= 4 is 27.7 Å². The molecule has 3 aromatic heterocycles. The Morgan fingerprint density at radius 1 is 0.911 bits per heavy atom. The molecule has 2 aromatic carbocycles. The molecule has 0 spiro atoms. The number of rotatable bonds is 9. The molecule has 0 fully saturated rings. The van der Waals surface area contributed by atoms with Crippen LogP contribution in [-0.4, -0.2) is 20.9 Å². The molecule has 0 unspecified atom stereocenters. The summed E-state index contributed by atoms with van der Waals surface area (Å²) in [6, 6.07) is 22.2. The Morgan fingerprint density at radius 3 is 2.27 bits per heavy atom. The van der Waals surface area contributed by atoms with Gasteiger partial charge in [-0.25, -0.2) is 0 Å². The molecule has 5 aromatic rings. The molecule has 0 saturated carbocycles. The smallest absolute Gasteiger partial charge is 0.162 e. The van der Waals surface area contributed by atoms with Crippen molar-refractivity contribution in [2.75, 3.05) is 0 Å². The second-order valence-electron chi connectivity index (χ2n) is 12.3. The van der Waals surface area contributed by atoms with E-state index >= 15 is 0 Å². The number of aliphatic hydroxyl groups excluding tert-OH is 1. The topological polar surface area (TPSA) is 76.2 Å². The number of nitrogens with zero attached hydrogens (tertiary/aromatic N) is 2. The number of furan rings is 1. The Kier molecular flexibility index (Phi) is 12.8. The molecule has 1 radical (unpaired) electrons. The number of carbonyl (C=O) groups excluding carboxylic acids is 1. The van der Waals surface area contributed by atoms with Crippen LogP contribution in [0.2, 0.25) is 0 Å². The predicted octanol–water partition coefficient (Wildman–Crippen LogP) is 10.7. The standard InChI is InChI=1S/C26H21N2O.C13H24O2.Ir/c1-26(2,3)22-13-19(12-18-6-4-5-7-21(18)22)24-14-17(8-10-27-24)20-15-25-23(28-16-20)9-11-29-25;1-5-10(6-2)12(14)9-13(15)11(7-3)8-4;/h4-11,13-16H,1-3H3;9-11,14H,5-8H2,1-4H3;/q-1;;/b;12-9-;. The summed E-state index contributed by atoms with van der Waals surface area (Å²) in [7, 11) is 0. The van der Waals surface area contributed by atoms with Gasteiger partial charge < -0.3 is 9.52 Å². The van der Waals surface area contributed by atoms with Gasteiger partial charge >= 0.3 is 0 Å². The molecule has 5 rings (SSSR count). The summed E-state index contributed by atoms with van der Waals surface area (Å²) in [5.41, 5.74) is 6.94. The van der Waals surface area contributed by atoms with Gasteiger partial charge in [-0.2, -0.15) is 0 Å². The van der Waals surface area contributed by atoms with Crippen LogP contribution in [0.3, 0.4) is 0 Å². The minimum Gasteiger partial charge on any atom is -0.512 e. The van der Waals surface area contributed by atoms with E-state index in [1.807, 2.05) is 58.3 Å². The second kappa shape index (κ2) is 16.1. The van der Waals surface area contributed by atoms with E-state index in [-0.39, 0.29) is 48.9 Å². The van der Waals surface area contributed by atoms with Crippen LogP contribution in [0.15, 0.2) is 89.5 Å². The molecule has 0 saturated heterocycles. The van der Waals surface area contributed by atoms with Gasteiger partial charge in [0.25, 0.3) is 0 Å². The first kappa shape index (κ1) is 35.9. The van der Waals surface area contributed by atoms with Gasteiger partial charge in [-0.1, -0.05) is 83.7 Å². The van der Waals surface area contributed by atoms with Gasteiger partial charge in [0.2, 0.25) is 0 Å². The molecule has 239 valence electrons. The monoisotopic (exact) mass is 782 g/mol. The molecule has 1 N–H and O–H groups in total. The third-order valence-electron chi connectivity index (χ3n) is 8.34. The summed E-state index contributed by atoms with van der Waals surface area (Å²) in [4.78, 5) is 20.8. The molecular weight excluding hydrogens is 737 g/mol. The number of aliphatic hydroxyl groups is 1. The van der Waals surface area contributed by atoms with Crippen molar-refractivity contribution in [3.8, 4) is 22.4 Å². The van der Waals surface area contributed by atoms with Crippen LogP contribution in [-0.2, 0) is 30.3 Å². The molecule has 5 nitrogen and oxygen atoms in total. The van der Waals surface area contributed by atoms with Crippen molar-refractivity contribution in [1.82, 2.24) is 9.97 Å². The Balaban J connectivity index is 0.000000297. The van der Waals surface area contributed by atoms with Crippen LogP contribution in [0.4, 0.5) is 0 Å². The molecule has 0 bridgehead atoms.